The highest BCUT2D eigenvalue weighted by Crippen LogP contribution is 2.32. The molecule has 0 heterocycles. The lowest BCUT2D eigenvalue weighted by atomic mass is 10.1. The number of amides is 1. The number of nitrogens with one attached hydrogen (secondary N) is 1. The number of hydrogen-bond acceptors (Lipinski definition) is 7. The molecular weight excluding hydrogens is 384 g/mol. The summed E-state index contributed by atoms with van der Waals surface area (Å²) in [4.78, 5) is 35.1. The Kier molecular flexibility index (Phi) is 7.58. The maximum atomic E-state index is 12.0. The van der Waals surface area contributed by atoms with E-state index in [4.69, 9.17) is 9.47 Å². The fourth-order valence-electron chi connectivity index (χ4n) is 2.15. The van der Waals surface area contributed by atoms with Gasteiger partial charge in [0.05, 0.1) is 12.0 Å². The minimum atomic E-state index is -0.656. The van der Waals surface area contributed by atoms with Crippen LogP contribution in [0.25, 0.3) is 0 Å². The van der Waals surface area contributed by atoms with Crippen LogP contribution in [0.3, 0.4) is 0 Å². The van der Waals surface area contributed by atoms with E-state index in [1.165, 1.54) is 37.1 Å². The van der Waals surface area contributed by atoms with Gasteiger partial charge in [0.1, 0.15) is 0 Å². The topological polar surface area (TPSA) is 108 Å². The van der Waals surface area contributed by atoms with Gasteiger partial charge in [-0.1, -0.05) is 30.0 Å². The molecule has 2 aromatic rings. The average molecular weight is 402 g/mol. The summed E-state index contributed by atoms with van der Waals surface area (Å²) in [5.74, 6) is -1.21. The molecule has 0 aliphatic carbocycles. The number of aryl methyl sites for hydroxylation is 1. The van der Waals surface area contributed by atoms with Crippen molar-refractivity contribution in [2.24, 2.45) is 0 Å². The largest absolute Gasteiger partial charge is 0.490 e. The molecule has 0 fully saturated rings. The van der Waals surface area contributed by atoms with Crippen molar-refractivity contribution < 1.29 is 24.0 Å². The Bertz CT molecular complexity index is 899. The monoisotopic (exact) mass is 402 g/mol. The van der Waals surface area contributed by atoms with Crippen LogP contribution in [-0.2, 0) is 14.3 Å². The number of benzene rings is 2. The first kappa shape index (κ1) is 21.0. The molecule has 0 saturated carbocycles. The van der Waals surface area contributed by atoms with Crippen molar-refractivity contribution in [3.05, 3.63) is 69.6 Å². The molecule has 0 aromatic heterocycles. The Labute approximate surface area is 165 Å². The van der Waals surface area contributed by atoms with E-state index in [1.54, 1.807) is 12.3 Å². The molecule has 2 rings (SSSR count). The predicted octanol–water partition coefficient (Wildman–Crippen LogP) is 3.70. The number of carbonyl (C=O) groups excluding carboxylic acids is 2. The summed E-state index contributed by atoms with van der Waals surface area (Å²) in [5.41, 5.74) is 0.607. The second-order valence-electron chi connectivity index (χ2n) is 5.49. The molecule has 0 radical (unpaired) electrons. The van der Waals surface area contributed by atoms with Gasteiger partial charge in [-0.25, -0.2) is 4.79 Å². The maximum absolute atomic E-state index is 12.0. The van der Waals surface area contributed by atoms with Gasteiger partial charge in [-0.3, -0.25) is 14.9 Å². The van der Waals surface area contributed by atoms with E-state index in [2.05, 4.69) is 5.32 Å². The zero-order valence-electron chi connectivity index (χ0n) is 15.2. The lowest BCUT2D eigenvalue weighted by Crippen LogP contribution is -2.20. The molecule has 0 unspecified atom stereocenters. The van der Waals surface area contributed by atoms with Crippen molar-refractivity contribution in [2.75, 3.05) is 19.0 Å². The molecule has 1 amide bonds. The molecule has 146 valence electrons. The van der Waals surface area contributed by atoms with Gasteiger partial charge in [-0.2, -0.15) is 0 Å². The summed E-state index contributed by atoms with van der Waals surface area (Å²) in [5, 5.41) is 15.1. The standard InChI is InChI=1S/C19H18N2O6S/c1-13-10-16(21(24)25)17(26-2)11-15(13)20-18(22)12-27-19(23)8-9-28-14-6-4-3-5-7-14/h3-11H,12H2,1-2H3,(H,20,22)/b9-8+. The minimum absolute atomic E-state index is 0.0174. The molecule has 0 spiro atoms. The first-order valence-electron chi connectivity index (χ1n) is 8.08. The number of esters is 1. The third kappa shape index (κ3) is 6.13. The number of carbonyl (C=O) groups is 2. The second kappa shape index (κ2) is 10.1. The number of anilines is 1. The van der Waals surface area contributed by atoms with E-state index in [9.17, 15) is 19.7 Å². The normalized spacial score (nSPS) is 10.5. The van der Waals surface area contributed by atoms with Crippen LogP contribution in [0.4, 0.5) is 11.4 Å². The third-order valence-corrected chi connectivity index (χ3v) is 4.31. The van der Waals surface area contributed by atoms with E-state index in [0.717, 1.165) is 4.90 Å². The van der Waals surface area contributed by atoms with E-state index in [1.807, 2.05) is 30.3 Å². The van der Waals surface area contributed by atoms with Crippen LogP contribution in [-0.4, -0.2) is 30.5 Å². The molecule has 0 aliphatic rings. The number of ether oxygens (including phenoxy) is 2. The molecule has 8 nitrogen and oxygen atoms in total. The molecule has 1 N–H and O–H groups in total. The van der Waals surface area contributed by atoms with Gasteiger partial charge in [0.2, 0.25) is 0 Å². The average Bonchev–Trinajstić information content (AvgIpc) is 2.68. The van der Waals surface area contributed by atoms with Gasteiger partial charge in [0.15, 0.2) is 12.4 Å². The zero-order chi connectivity index (χ0) is 20.5. The van der Waals surface area contributed by atoms with E-state index < -0.39 is 23.4 Å². The number of nitro groups is 1. The van der Waals surface area contributed by atoms with E-state index >= 15 is 0 Å². The predicted molar refractivity (Wildman–Crippen MR) is 105 cm³/mol. The van der Waals surface area contributed by atoms with Crippen LogP contribution in [0.2, 0.25) is 0 Å². The summed E-state index contributed by atoms with van der Waals surface area (Å²) in [7, 11) is 1.30. The Morgan fingerprint density at radius 1 is 1.25 bits per heavy atom. The summed E-state index contributed by atoms with van der Waals surface area (Å²) in [6, 6.07) is 12.1. The van der Waals surface area contributed by atoms with Gasteiger partial charge in [-0.05, 0) is 30.0 Å². The van der Waals surface area contributed by atoms with Crippen LogP contribution < -0.4 is 10.1 Å². The highest BCUT2D eigenvalue weighted by molar-refractivity contribution is 8.02. The Morgan fingerprint density at radius 3 is 2.61 bits per heavy atom. The van der Waals surface area contributed by atoms with Crippen molar-refractivity contribution >= 4 is 35.0 Å². The summed E-state index contributed by atoms with van der Waals surface area (Å²) in [6.45, 7) is 1.12. The first-order chi connectivity index (χ1) is 13.4. The fourth-order valence-corrected chi connectivity index (χ4v) is 2.80. The molecule has 0 saturated heterocycles. The Hall–Kier alpha value is -3.33. The van der Waals surface area contributed by atoms with Crippen LogP contribution in [0.1, 0.15) is 5.56 Å². The van der Waals surface area contributed by atoms with Gasteiger partial charge >= 0.3 is 11.7 Å². The van der Waals surface area contributed by atoms with Crippen molar-refractivity contribution in [1.82, 2.24) is 0 Å². The zero-order valence-corrected chi connectivity index (χ0v) is 16.0. The quantitative estimate of drug-likeness (QED) is 0.236. The molecule has 28 heavy (non-hydrogen) atoms. The van der Waals surface area contributed by atoms with Crippen molar-refractivity contribution in [1.29, 1.82) is 0 Å². The van der Waals surface area contributed by atoms with Crippen molar-refractivity contribution in [3.8, 4) is 5.75 Å². The van der Waals surface area contributed by atoms with Crippen molar-refractivity contribution in [3.63, 3.8) is 0 Å². The third-order valence-electron chi connectivity index (χ3n) is 3.49. The van der Waals surface area contributed by atoms with Crippen LogP contribution in [0.5, 0.6) is 5.75 Å². The smallest absolute Gasteiger partial charge is 0.331 e. The van der Waals surface area contributed by atoms with Gasteiger partial charge in [0.25, 0.3) is 5.91 Å². The highest BCUT2D eigenvalue weighted by Gasteiger charge is 2.18. The number of nitro benzene ring substituents is 1. The number of thioether (sulfide) groups is 1. The van der Waals surface area contributed by atoms with Gasteiger partial charge in [0, 0.05) is 28.8 Å². The number of hydrogen-bond donors (Lipinski definition) is 1. The van der Waals surface area contributed by atoms with Gasteiger partial charge in [-0.15, -0.1) is 0 Å². The highest BCUT2D eigenvalue weighted by atomic mass is 32.2. The maximum Gasteiger partial charge on any atom is 0.331 e. The van der Waals surface area contributed by atoms with E-state index in [-0.39, 0.29) is 11.4 Å². The van der Waals surface area contributed by atoms with Crippen LogP contribution in [0.15, 0.2) is 58.8 Å². The number of rotatable bonds is 8. The Morgan fingerprint density at radius 2 is 1.96 bits per heavy atom. The lowest BCUT2D eigenvalue weighted by molar-refractivity contribution is -0.385. The molecule has 0 bridgehead atoms. The minimum Gasteiger partial charge on any atom is -0.490 e. The second-order valence-corrected chi connectivity index (χ2v) is 6.46. The summed E-state index contributed by atoms with van der Waals surface area (Å²) < 4.78 is 9.85. The summed E-state index contributed by atoms with van der Waals surface area (Å²) in [6.07, 6.45) is 1.23. The molecule has 9 heteroatoms. The Balaban J connectivity index is 1.88. The molecular formula is C19H18N2O6S. The van der Waals surface area contributed by atoms with Crippen LogP contribution in [0, 0.1) is 17.0 Å². The van der Waals surface area contributed by atoms with Crippen molar-refractivity contribution in [2.45, 2.75) is 11.8 Å². The van der Waals surface area contributed by atoms with Gasteiger partial charge < -0.3 is 14.8 Å². The number of nitrogens with zero attached hydrogens (tertiary/aromatic N) is 1. The first-order valence-corrected chi connectivity index (χ1v) is 8.96. The van der Waals surface area contributed by atoms with Crippen LogP contribution >= 0.6 is 11.8 Å². The summed E-state index contributed by atoms with van der Waals surface area (Å²) >= 11 is 1.34. The SMILES string of the molecule is COc1cc(NC(=O)COC(=O)/C=C/Sc2ccccc2)c(C)cc1[N+](=O)[O-]. The lowest BCUT2D eigenvalue weighted by Gasteiger charge is -2.10. The molecule has 2 aromatic carbocycles. The fraction of sp³-hybridized carbons (Fsp3) is 0.158. The number of methoxy groups -OCH3 is 1. The van der Waals surface area contributed by atoms with E-state index in [0.29, 0.717) is 11.3 Å². The molecule has 0 aliphatic heterocycles. The molecule has 0 atom stereocenters.